The fourth-order valence-electron chi connectivity index (χ4n) is 2.19. The molecule has 112 valence electrons. The van der Waals surface area contributed by atoms with Crippen molar-refractivity contribution in [1.29, 1.82) is 0 Å². The second-order valence-corrected chi connectivity index (χ2v) is 4.96. The maximum Gasteiger partial charge on any atom is 0.251 e. The van der Waals surface area contributed by atoms with E-state index >= 15 is 0 Å². The van der Waals surface area contributed by atoms with Gasteiger partial charge < -0.3 is 15.3 Å². The van der Waals surface area contributed by atoms with Crippen molar-refractivity contribution in [2.45, 2.75) is 39.7 Å². The number of hydrogen-bond acceptors (Lipinski definition) is 3. The third-order valence-corrected chi connectivity index (χ3v) is 3.43. The lowest BCUT2D eigenvalue weighted by molar-refractivity contribution is 0.0936. The molecular formula is C16H26N2O2. The molecule has 0 aromatic heterocycles. The van der Waals surface area contributed by atoms with Crippen LogP contribution in [0.15, 0.2) is 24.3 Å². The van der Waals surface area contributed by atoms with Crippen molar-refractivity contribution in [3.05, 3.63) is 29.8 Å². The minimum absolute atomic E-state index is 0.0541. The molecule has 0 aliphatic rings. The number of carbonyl (C=O) groups excluding carboxylic acids is 1. The lowest BCUT2D eigenvalue weighted by Crippen LogP contribution is -2.32. The highest BCUT2D eigenvalue weighted by molar-refractivity contribution is 5.94. The molecule has 4 heteroatoms. The van der Waals surface area contributed by atoms with Crippen molar-refractivity contribution in [2.75, 3.05) is 24.6 Å². The van der Waals surface area contributed by atoms with Gasteiger partial charge in [0.2, 0.25) is 0 Å². The Bertz CT molecular complexity index is 399. The molecule has 0 aliphatic carbocycles. The SMILES string of the molecule is CCN(CC)c1ccc(C(=O)NC(C)CCCO)cc1. The van der Waals surface area contributed by atoms with Crippen LogP contribution in [-0.4, -0.2) is 36.8 Å². The number of hydrogen-bond donors (Lipinski definition) is 2. The zero-order chi connectivity index (χ0) is 15.0. The molecule has 20 heavy (non-hydrogen) atoms. The Balaban J connectivity index is 2.61. The maximum absolute atomic E-state index is 12.1. The van der Waals surface area contributed by atoms with Crippen molar-refractivity contribution in [3.63, 3.8) is 0 Å². The van der Waals surface area contributed by atoms with Gasteiger partial charge in [0.1, 0.15) is 0 Å². The predicted octanol–water partition coefficient (Wildman–Crippen LogP) is 2.42. The van der Waals surface area contributed by atoms with Crippen molar-refractivity contribution >= 4 is 11.6 Å². The number of anilines is 1. The molecule has 1 aromatic rings. The first-order valence-electron chi connectivity index (χ1n) is 7.39. The number of benzene rings is 1. The van der Waals surface area contributed by atoms with Gasteiger partial charge in [-0.1, -0.05) is 0 Å². The lowest BCUT2D eigenvalue weighted by Gasteiger charge is -2.21. The van der Waals surface area contributed by atoms with Crippen LogP contribution in [0, 0.1) is 0 Å². The largest absolute Gasteiger partial charge is 0.396 e. The number of nitrogens with zero attached hydrogens (tertiary/aromatic N) is 1. The van der Waals surface area contributed by atoms with Gasteiger partial charge >= 0.3 is 0 Å². The number of aliphatic hydroxyl groups excluding tert-OH is 1. The first-order valence-corrected chi connectivity index (χ1v) is 7.39. The molecule has 1 unspecified atom stereocenters. The number of amides is 1. The molecule has 0 radical (unpaired) electrons. The maximum atomic E-state index is 12.1. The molecule has 0 heterocycles. The van der Waals surface area contributed by atoms with Crippen LogP contribution in [0.1, 0.15) is 44.0 Å². The van der Waals surface area contributed by atoms with E-state index in [1.54, 1.807) is 0 Å². The third-order valence-electron chi connectivity index (χ3n) is 3.43. The normalized spacial score (nSPS) is 12.0. The number of carbonyl (C=O) groups is 1. The van der Waals surface area contributed by atoms with E-state index in [4.69, 9.17) is 5.11 Å². The van der Waals surface area contributed by atoms with Crippen molar-refractivity contribution in [3.8, 4) is 0 Å². The molecular weight excluding hydrogens is 252 g/mol. The average Bonchev–Trinajstić information content (AvgIpc) is 2.47. The summed E-state index contributed by atoms with van der Waals surface area (Å²) in [5.41, 5.74) is 1.82. The van der Waals surface area contributed by atoms with E-state index in [2.05, 4.69) is 24.1 Å². The fraction of sp³-hybridized carbons (Fsp3) is 0.562. The molecule has 0 saturated heterocycles. The van der Waals surface area contributed by atoms with Crippen molar-refractivity contribution < 1.29 is 9.90 Å². The third kappa shape index (κ3) is 4.85. The van der Waals surface area contributed by atoms with Crippen LogP contribution in [0.3, 0.4) is 0 Å². The van der Waals surface area contributed by atoms with E-state index in [0.717, 1.165) is 25.2 Å². The molecule has 1 amide bonds. The molecule has 0 aliphatic heterocycles. The molecule has 0 saturated carbocycles. The minimum atomic E-state index is -0.0541. The average molecular weight is 278 g/mol. The van der Waals surface area contributed by atoms with Crippen molar-refractivity contribution in [2.24, 2.45) is 0 Å². The van der Waals surface area contributed by atoms with Crippen LogP contribution >= 0.6 is 0 Å². The van der Waals surface area contributed by atoms with Gasteiger partial charge in [0, 0.05) is 37.0 Å². The second-order valence-electron chi connectivity index (χ2n) is 4.96. The first-order chi connectivity index (χ1) is 9.62. The smallest absolute Gasteiger partial charge is 0.251 e. The van der Waals surface area contributed by atoms with E-state index < -0.39 is 0 Å². The zero-order valence-corrected chi connectivity index (χ0v) is 12.7. The summed E-state index contributed by atoms with van der Waals surface area (Å²) in [6.07, 6.45) is 1.50. The number of aliphatic hydroxyl groups is 1. The van der Waals surface area contributed by atoms with Gasteiger partial charge in [-0.05, 0) is 57.9 Å². The van der Waals surface area contributed by atoms with Gasteiger partial charge in [0.15, 0.2) is 0 Å². The molecule has 1 atom stereocenters. The summed E-state index contributed by atoms with van der Waals surface area (Å²) in [5.74, 6) is -0.0541. The second kappa shape index (κ2) is 8.59. The van der Waals surface area contributed by atoms with E-state index in [1.807, 2.05) is 31.2 Å². The molecule has 1 aromatic carbocycles. The summed E-state index contributed by atoms with van der Waals surface area (Å²) in [6, 6.07) is 7.78. The van der Waals surface area contributed by atoms with Crippen LogP contribution in [0.2, 0.25) is 0 Å². The zero-order valence-electron chi connectivity index (χ0n) is 12.7. The summed E-state index contributed by atoms with van der Waals surface area (Å²) in [7, 11) is 0. The highest BCUT2D eigenvalue weighted by atomic mass is 16.3. The Morgan fingerprint density at radius 1 is 1.25 bits per heavy atom. The monoisotopic (exact) mass is 278 g/mol. The molecule has 2 N–H and O–H groups in total. The van der Waals surface area contributed by atoms with E-state index in [0.29, 0.717) is 12.0 Å². The topological polar surface area (TPSA) is 52.6 Å². The molecule has 0 spiro atoms. The quantitative estimate of drug-likeness (QED) is 0.768. The van der Waals surface area contributed by atoms with Crippen LogP contribution < -0.4 is 10.2 Å². The molecule has 0 fully saturated rings. The molecule has 4 nitrogen and oxygen atoms in total. The minimum Gasteiger partial charge on any atom is -0.396 e. The highest BCUT2D eigenvalue weighted by Crippen LogP contribution is 2.15. The molecule has 0 bridgehead atoms. The van der Waals surface area contributed by atoms with Crippen LogP contribution in [-0.2, 0) is 0 Å². The van der Waals surface area contributed by atoms with E-state index in [-0.39, 0.29) is 18.6 Å². The van der Waals surface area contributed by atoms with E-state index in [1.165, 1.54) is 0 Å². The lowest BCUT2D eigenvalue weighted by atomic mass is 10.1. The fourth-order valence-corrected chi connectivity index (χ4v) is 2.19. The van der Waals surface area contributed by atoms with E-state index in [9.17, 15) is 4.79 Å². The van der Waals surface area contributed by atoms with Gasteiger partial charge in [0.25, 0.3) is 5.91 Å². The Morgan fingerprint density at radius 2 is 1.85 bits per heavy atom. The van der Waals surface area contributed by atoms with Crippen LogP contribution in [0.4, 0.5) is 5.69 Å². The Morgan fingerprint density at radius 3 is 2.35 bits per heavy atom. The van der Waals surface area contributed by atoms with Gasteiger partial charge in [-0.15, -0.1) is 0 Å². The summed E-state index contributed by atoms with van der Waals surface area (Å²) in [4.78, 5) is 14.3. The summed E-state index contributed by atoms with van der Waals surface area (Å²) < 4.78 is 0. The highest BCUT2D eigenvalue weighted by Gasteiger charge is 2.10. The van der Waals surface area contributed by atoms with Gasteiger partial charge in [-0.25, -0.2) is 0 Å². The number of nitrogens with one attached hydrogen (secondary N) is 1. The van der Waals surface area contributed by atoms with Gasteiger partial charge in [0.05, 0.1) is 0 Å². The standard InChI is InChI=1S/C16H26N2O2/c1-4-18(5-2)15-10-8-14(9-11-15)16(20)17-13(3)7-6-12-19/h8-11,13,19H,4-7,12H2,1-3H3,(H,17,20). The summed E-state index contributed by atoms with van der Waals surface area (Å²) in [5, 5.41) is 11.7. The van der Waals surface area contributed by atoms with Crippen LogP contribution in [0.5, 0.6) is 0 Å². The predicted molar refractivity (Wildman–Crippen MR) is 83.3 cm³/mol. The summed E-state index contributed by atoms with van der Waals surface area (Å²) >= 11 is 0. The van der Waals surface area contributed by atoms with Crippen molar-refractivity contribution in [1.82, 2.24) is 5.32 Å². The Kier molecular flexibility index (Phi) is 7.09. The van der Waals surface area contributed by atoms with Gasteiger partial charge in [-0.3, -0.25) is 4.79 Å². The Labute approximate surface area is 121 Å². The first kappa shape index (κ1) is 16.5. The van der Waals surface area contributed by atoms with Gasteiger partial charge in [-0.2, -0.15) is 0 Å². The Hall–Kier alpha value is -1.55. The molecule has 1 rings (SSSR count). The summed E-state index contributed by atoms with van der Waals surface area (Å²) in [6.45, 7) is 8.27. The van der Waals surface area contributed by atoms with Crippen LogP contribution in [0.25, 0.3) is 0 Å². The number of rotatable bonds is 8.